The Balaban J connectivity index is 1.61. The number of para-hydroxylation sites is 1. The maximum atomic E-state index is 12.2. The number of nitrogens with one attached hydrogen (secondary N) is 1. The second-order valence-corrected chi connectivity index (χ2v) is 6.70. The molecule has 0 saturated heterocycles. The van der Waals surface area contributed by atoms with Crippen LogP contribution in [-0.2, 0) is 11.2 Å². The predicted octanol–water partition coefficient (Wildman–Crippen LogP) is 4.77. The van der Waals surface area contributed by atoms with Crippen LogP contribution in [0.1, 0.15) is 18.9 Å². The molecule has 0 aromatic heterocycles. The largest absolute Gasteiger partial charge is 0.368 e. The lowest BCUT2D eigenvalue weighted by Gasteiger charge is -2.24. The topological polar surface area (TPSA) is 32.3 Å². The summed E-state index contributed by atoms with van der Waals surface area (Å²) in [4.78, 5) is 14.5. The maximum absolute atomic E-state index is 12.2. The summed E-state index contributed by atoms with van der Waals surface area (Å²) in [7, 11) is 0. The highest BCUT2D eigenvalue weighted by Gasteiger charge is 2.25. The molecule has 3 rings (SSSR count). The van der Waals surface area contributed by atoms with Gasteiger partial charge in [0.15, 0.2) is 0 Å². The summed E-state index contributed by atoms with van der Waals surface area (Å²) in [6.07, 6.45) is 1.45. The van der Waals surface area contributed by atoms with Gasteiger partial charge in [0.25, 0.3) is 0 Å². The fourth-order valence-electron chi connectivity index (χ4n) is 3.04. The number of rotatable bonds is 4. The minimum absolute atomic E-state index is 0.0417. The smallest absolute Gasteiger partial charge is 0.226 e. The van der Waals surface area contributed by atoms with Gasteiger partial charge in [-0.2, -0.15) is 0 Å². The van der Waals surface area contributed by atoms with Gasteiger partial charge in [-0.3, -0.25) is 4.79 Å². The van der Waals surface area contributed by atoms with Crippen LogP contribution in [0.15, 0.2) is 42.5 Å². The van der Waals surface area contributed by atoms with E-state index in [-0.39, 0.29) is 5.91 Å². The average Bonchev–Trinajstić information content (AvgIpc) is 2.79. The number of anilines is 2. The number of carbonyl (C=O) groups is 1. The third-order valence-corrected chi connectivity index (χ3v) is 4.51. The van der Waals surface area contributed by atoms with Crippen LogP contribution in [0.4, 0.5) is 11.4 Å². The molecule has 0 saturated carbocycles. The van der Waals surface area contributed by atoms with Gasteiger partial charge in [0.05, 0.1) is 0 Å². The van der Waals surface area contributed by atoms with Gasteiger partial charge >= 0.3 is 0 Å². The summed E-state index contributed by atoms with van der Waals surface area (Å²) in [5.41, 5.74) is 3.21. The first kappa shape index (κ1) is 16.2. The zero-order valence-electron chi connectivity index (χ0n) is 12.9. The van der Waals surface area contributed by atoms with Gasteiger partial charge in [-0.25, -0.2) is 0 Å². The van der Waals surface area contributed by atoms with Gasteiger partial charge < -0.3 is 10.2 Å². The Bertz CT molecular complexity index is 712. The van der Waals surface area contributed by atoms with Crippen molar-refractivity contribution in [1.29, 1.82) is 0 Å². The Morgan fingerprint density at radius 1 is 1.22 bits per heavy atom. The number of hydrogen-bond donors (Lipinski definition) is 1. The van der Waals surface area contributed by atoms with E-state index in [1.54, 1.807) is 18.2 Å². The molecular formula is C18H18Cl2N2O. The van der Waals surface area contributed by atoms with E-state index in [1.165, 1.54) is 11.3 Å². The van der Waals surface area contributed by atoms with Crippen molar-refractivity contribution in [2.75, 3.05) is 16.8 Å². The summed E-state index contributed by atoms with van der Waals surface area (Å²) < 4.78 is 0. The summed E-state index contributed by atoms with van der Waals surface area (Å²) >= 11 is 11.9. The van der Waals surface area contributed by atoms with Crippen molar-refractivity contribution < 1.29 is 4.79 Å². The zero-order chi connectivity index (χ0) is 16.4. The van der Waals surface area contributed by atoms with Gasteiger partial charge in [-0.15, -0.1) is 0 Å². The fraction of sp³-hybridized carbons (Fsp3) is 0.278. The highest BCUT2D eigenvalue weighted by Crippen LogP contribution is 2.31. The first-order valence-corrected chi connectivity index (χ1v) is 8.39. The second-order valence-electron chi connectivity index (χ2n) is 5.83. The zero-order valence-corrected chi connectivity index (χ0v) is 14.4. The van der Waals surface area contributed by atoms with E-state index in [9.17, 15) is 4.79 Å². The van der Waals surface area contributed by atoms with Crippen molar-refractivity contribution in [2.45, 2.75) is 25.8 Å². The highest BCUT2D eigenvalue weighted by molar-refractivity contribution is 6.35. The Labute approximate surface area is 146 Å². The first-order chi connectivity index (χ1) is 11.0. The molecule has 1 unspecified atom stereocenters. The highest BCUT2D eigenvalue weighted by atomic mass is 35.5. The summed E-state index contributed by atoms with van der Waals surface area (Å²) in [5.74, 6) is -0.0417. The number of fused-ring (bicyclic) bond motifs is 1. The maximum Gasteiger partial charge on any atom is 0.226 e. The van der Waals surface area contributed by atoms with Crippen molar-refractivity contribution in [3.05, 3.63) is 58.1 Å². The molecule has 0 radical (unpaired) electrons. The summed E-state index contributed by atoms with van der Waals surface area (Å²) in [6.45, 7) is 2.88. The van der Waals surface area contributed by atoms with Crippen LogP contribution >= 0.6 is 23.2 Å². The van der Waals surface area contributed by atoms with Gasteiger partial charge in [-0.1, -0.05) is 41.4 Å². The summed E-state index contributed by atoms with van der Waals surface area (Å²) in [5, 5.41) is 3.87. The van der Waals surface area contributed by atoms with Crippen LogP contribution in [0, 0.1) is 0 Å². The SMILES string of the molecule is CC1Cc2ccccc2N1CCC(=O)Nc1cc(Cl)cc(Cl)c1. The molecule has 120 valence electrons. The molecule has 1 heterocycles. The van der Waals surface area contributed by atoms with Crippen molar-refractivity contribution in [3.63, 3.8) is 0 Å². The molecule has 1 atom stereocenters. The number of halogens is 2. The minimum Gasteiger partial charge on any atom is -0.368 e. The molecule has 1 aliphatic rings. The first-order valence-electron chi connectivity index (χ1n) is 7.63. The van der Waals surface area contributed by atoms with Crippen LogP contribution in [-0.4, -0.2) is 18.5 Å². The molecule has 23 heavy (non-hydrogen) atoms. The standard InChI is InChI=1S/C18H18Cl2N2O/c1-12-8-13-4-2-3-5-17(13)22(12)7-6-18(23)21-16-10-14(19)9-15(20)11-16/h2-5,9-12H,6-8H2,1H3,(H,21,23). The van der Waals surface area contributed by atoms with Crippen LogP contribution < -0.4 is 10.2 Å². The fourth-order valence-corrected chi connectivity index (χ4v) is 3.57. The lowest BCUT2D eigenvalue weighted by Crippen LogP contribution is -2.32. The molecule has 2 aromatic rings. The van der Waals surface area contributed by atoms with Crippen molar-refractivity contribution >= 4 is 40.5 Å². The molecular weight excluding hydrogens is 331 g/mol. The molecule has 0 aliphatic carbocycles. The monoisotopic (exact) mass is 348 g/mol. The number of amides is 1. The third-order valence-electron chi connectivity index (χ3n) is 4.07. The van der Waals surface area contributed by atoms with E-state index in [2.05, 4.69) is 35.3 Å². The molecule has 1 N–H and O–H groups in total. The van der Waals surface area contributed by atoms with Crippen LogP contribution in [0.5, 0.6) is 0 Å². The van der Waals surface area contributed by atoms with Gasteiger partial charge in [0, 0.05) is 40.4 Å². The summed E-state index contributed by atoms with van der Waals surface area (Å²) in [6, 6.07) is 13.8. The minimum atomic E-state index is -0.0417. The molecule has 5 heteroatoms. The van der Waals surface area contributed by atoms with Crippen LogP contribution in [0.2, 0.25) is 10.0 Å². The predicted molar refractivity (Wildman–Crippen MR) is 96.7 cm³/mol. The van der Waals surface area contributed by atoms with E-state index in [1.807, 2.05) is 6.07 Å². The van der Waals surface area contributed by atoms with Gasteiger partial charge in [0.1, 0.15) is 0 Å². The Kier molecular flexibility index (Phi) is 4.79. The van der Waals surface area contributed by atoms with Crippen molar-refractivity contribution in [2.24, 2.45) is 0 Å². The number of carbonyl (C=O) groups excluding carboxylic acids is 1. The lowest BCUT2D eigenvalue weighted by atomic mass is 10.1. The normalized spacial score (nSPS) is 16.3. The molecule has 0 fully saturated rings. The molecule has 0 bridgehead atoms. The van der Waals surface area contributed by atoms with Gasteiger partial charge in [0.2, 0.25) is 5.91 Å². The van der Waals surface area contributed by atoms with E-state index < -0.39 is 0 Å². The second kappa shape index (κ2) is 6.81. The number of benzene rings is 2. The molecule has 0 spiro atoms. The average molecular weight is 349 g/mol. The quantitative estimate of drug-likeness (QED) is 0.862. The molecule has 3 nitrogen and oxygen atoms in total. The van der Waals surface area contributed by atoms with Gasteiger partial charge in [-0.05, 0) is 43.2 Å². The molecule has 2 aromatic carbocycles. The third kappa shape index (κ3) is 3.80. The Morgan fingerprint density at radius 3 is 2.65 bits per heavy atom. The van der Waals surface area contributed by atoms with E-state index >= 15 is 0 Å². The lowest BCUT2D eigenvalue weighted by molar-refractivity contribution is -0.116. The Morgan fingerprint density at radius 2 is 1.91 bits per heavy atom. The van der Waals surface area contributed by atoms with E-state index in [0.29, 0.717) is 34.7 Å². The molecule has 1 amide bonds. The van der Waals surface area contributed by atoms with Crippen LogP contribution in [0.25, 0.3) is 0 Å². The van der Waals surface area contributed by atoms with Crippen molar-refractivity contribution in [1.82, 2.24) is 0 Å². The Hall–Kier alpha value is -1.71. The number of hydrogen-bond acceptors (Lipinski definition) is 2. The van der Waals surface area contributed by atoms with E-state index in [0.717, 1.165) is 6.42 Å². The van der Waals surface area contributed by atoms with Crippen molar-refractivity contribution in [3.8, 4) is 0 Å². The molecule has 1 aliphatic heterocycles. The van der Waals surface area contributed by atoms with E-state index in [4.69, 9.17) is 23.2 Å². The number of nitrogens with zero attached hydrogens (tertiary/aromatic N) is 1. The van der Waals surface area contributed by atoms with Crippen LogP contribution in [0.3, 0.4) is 0 Å².